The second kappa shape index (κ2) is 7.28. The van der Waals surface area contributed by atoms with Crippen LogP contribution in [-0.2, 0) is 4.79 Å². The van der Waals surface area contributed by atoms with E-state index in [-0.39, 0.29) is 25.1 Å². The SMILES string of the molecule is COc1cc(N)ccc1NC(=O)CN1CCCCC1CO. The Morgan fingerprint density at radius 1 is 1.52 bits per heavy atom. The van der Waals surface area contributed by atoms with Gasteiger partial charge >= 0.3 is 0 Å². The Balaban J connectivity index is 1.98. The Bertz CT molecular complexity index is 493. The van der Waals surface area contributed by atoms with Crippen molar-refractivity contribution in [3.63, 3.8) is 0 Å². The second-order valence-electron chi connectivity index (χ2n) is 5.31. The van der Waals surface area contributed by atoms with Gasteiger partial charge in [0.05, 0.1) is 25.9 Å². The summed E-state index contributed by atoms with van der Waals surface area (Å²) in [4.78, 5) is 14.2. The van der Waals surface area contributed by atoms with E-state index in [1.165, 1.54) is 7.11 Å². The maximum atomic E-state index is 12.2. The van der Waals surface area contributed by atoms with Crippen LogP contribution in [0.15, 0.2) is 18.2 Å². The number of hydrogen-bond acceptors (Lipinski definition) is 5. The fourth-order valence-electron chi connectivity index (χ4n) is 2.66. The number of hydrogen-bond donors (Lipinski definition) is 3. The van der Waals surface area contributed by atoms with Crippen LogP contribution in [0, 0.1) is 0 Å². The van der Waals surface area contributed by atoms with Crippen LogP contribution in [0.3, 0.4) is 0 Å². The maximum absolute atomic E-state index is 12.2. The summed E-state index contributed by atoms with van der Waals surface area (Å²) < 4.78 is 5.21. The number of rotatable bonds is 5. The number of benzene rings is 1. The quantitative estimate of drug-likeness (QED) is 0.707. The number of nitrogens with two attached hydrogens (primary N) is 1. The van der Waals surface area contributed by atoms with Crippen LogP contribution < -0.4 is 15.8 Å². The lowest BCUT2D eigenvalue weighted by molar-refractivity contribution is -0.118. The molecule has 0 spiro atoms. The Labute approximate surface area is 124 Å². The molecule has 1 aromatic rings. The van der Waals surface area contributed by atoms with Gasteiger partial charge in [-0.3, -0.25) is 9.69 Å². The summed E-state index contributed by atoms with van der Waals surface area (Å²) in [7, 11) is 1.54. The molecule has 6 heteroatoms. The van der Waals surface area contributed by atoms with Crippen LogP contribution in [0.1, 0.15) is 19.3 Å². The number of carbonyl (C=O) groups excluding carboxylic acids is 1. The van der Waals surface area contributed by atoms with Gasteiger partial charge in [0.2, 0.25) is 5.91 Å². The van der Waals surface area contributed by atoms with Crippen LogP contribution >= 0.6 is 0 Å². The van der Waals surface area contributed by atoms with Crippen LogP contribution in [-0.4, -0.2) is 48.8 Å². The zero-order valence-corrected chi connectivity index (χ0v) is 12.3. The van der Waals surface area contributed by atoms with Gasteiger partial charge in [-0.25, -0.2) is 0 Å². The monoisotopic (exact) mass is 293 g/mol. The zero-order chi connectivity index (χ0) is 15.2. The largest absolute Gasteiger partial charge is 0.494 e. The van der Waals surface area contributed by atoms with E-state index in [4.69, 9.17) is 10.5 Å². The molecule has 1 amide bonds. The molecule has 1 aliphatic rings. The summed E-state index contributed by atoms with van der Waals surface area (Å²) in [6.07, 6.45) is 3.11. The van der Waals surface area contributed by atoms with Gasteiger partial charge < -0.3 is 20.9 Å². The molecule has 1 aliphatic heterocycles. The number of nitrogens with zero attached hydrogens (tertiary/aromatic N) is 1. The molecule has 1 fully saturated rings. The van der Waals surface area contributed by atoms with E-state index in [0.717, 1.165) is 25.8 Å². The van der Waals surface area contributed by atoms with Crippen molar-refractivity contribution in [1.82, 2.24) is 4.90 Å². The van der Waals surface area contributed by atoms with Gasteiger partial charge in [0.15, 0.2) is 0 Å². The van der Waals surface area contributed by atoms with Gasteiger partial charge in [0, 0.05) is 17.8 Å². The van der Waals surface area contributed by atoms with Gasteiger partial charge in [-0.15, -0.1) is 0 Å². The number of methoxy groups -OCH3 is 1. The van der Waals surface area contributed by atoms with Crippen LogP contribution in [0.2, 0.25) is 0 Å². The highest BCUT2D eigenvalue weighted by atomic mass is 16.5. The molecule has 1 atom stereocenters. The van der Waals surface area contributed by atoms with Gasteiger partial charge in [-0.1, -0.05) is 6.42 Å². The predicted molar refractivity (Wildman–Crippen MR) is 82.3 cm³/mol. The molecule has 1 heterocycles. The van der Waals surface area contributed by atoms with Gasteiger partial charge in [0.25, 0.3) is 0 Å². The lowest BCUT2D eigenvalue weighted by Crippen LogP contribution is -2.45. The van der Waals surface area contributed by atoms with E-state index in [1.54, 1.807) is 18.2 Å². The van der Waals surface area contributed by atoms with Crippen molar-refractivity contribution in [2.45, 2.75) is 25.3 Å². The second-order valence-corrected chi connectivity index (χ2v) is 5.31. The molecule has 0 saturated carbocycles. The summed E-state index contributed by atoms with van der Waals surface area (Å²) in [5.74, 6) is 0.430. The number of piperidine rings is 1. The third kappa shape index (κ3) is 4.09. The highest BCUT2D eigenvalue weighted by Crippen LogP contribution is 2.26. The van der Waals surface area contributed by atoms with Gasteiger partial charge in [-0.05, 0) is 31.5 Å². The smallest absolute Gasteiger partial charge is 0.238 e. The van der Waals surface area contributed by atoms with Crippen molar-refractivity contribution in [3.8, 4) is 5.75 Å². The van der Waals surface area contributed by atoms with Crippen LogP contribution in [0.4, 0.5) is 11.4 Å². The molecular formula is C15H23N3O3. The van der Waals surface area contributed by atoms with Crippen LogP contribution in [0.25, 0.3) is 0 Å². The molecule has 1 saturated heterocycles. The van der Waals surface area contributed by atoms with Crippen molar-refractivity contribution < 1.29 is 14.6 Å². The number of amides is 1. The average Bonchev–Trinajstić information content (AvgIpc) is 2.49. The van der Waals surface area contributed by atoms with Crippen molar-refractivity contribution >= 4 is 17.3 Å². The highest BCUT2D eigenvalue weighted by molar-refractivity contribution is 5.94. The molecule has 6 nitrogen and oxygen atoms in total. The first kappa shape index (κ1) is 15.6. The van der Waals surface area contributed by atoms with E-state index in [2.05, 4.69) is 5.32 Å². The summed E-state index contributed by atoms with van der Waals surface area (Å²) in [5.41, 5.74) is 6.88. The first-order valence-corrected chi connectivity index (χ1v) is 7.22. The molecular weight excluding hydrogens is 270 g/mol. The minimum Gasteiger partial charge on any atom is -0.494 e. The molecule has 0 aromatic heterocycles. The van der Waals surface area contributed by atoms with Crippen molar-refractivity contribution in [2.75, 3.05) is 37.9 Å². The molecule has 4 N–H and O–H groups in total. The zero-order valence-electron chi connectivity index (χ0n) is 12.3. The maximum Gasteiger partial charge on any atom is 0.238 e. The lowest BCUT2D eigenvalue weighted by Gasteiger charge is -2.33. The molecule has 116 valence electrons. The highest BCUT2D eigenvalue weighted by Gasteiger charge is 2.23. The Hall–Kier alpha value is -1.79. The van der Waals surface area contributed by atoms with Crippen LogP contribution in [0.5, 0.6) is 5.75 Å². The molecule has 21 heavy (non-hydrogen) atoms. The van der Waals surface area contributed by atoms with Crippen molar-refractivity contribution in [1.29, 1.82) is 0 Å². The Kier molecular flexibility index (Phi) is 5.41. The van der Waals surface area contributed by atoms with E-state index >= 15 is 0 Å². The van der Waals surface area contributed by atoms with Crippen molar-refractivity contribution in [2.24, 2.45) is 0 Å². The van der Waals surface area contributed by atoms with Gasteiger partial charge in [-0.2, -0.15) is 0 Å². The summed E-state index contributed by atoms with van der Waals surface area (Å²) in [6, 6.07) is 5.20. The fraction of sp³-hybridized carbons (Fsp3) is 0.533. The number of nitrogen functional groups attached to an aromatic ring is 1. The van der Waals surface area contributed by atoms with Crippen molar-refractivity contribution in [3.05, 3.63) is 18.2 Å². The molecule has 0 radical (unpaired) electrons. The third-order valence-electron chi connectivity index (χ3n) is 3.81. The summed E-state index contributed by atoms with van der Waals surface area (Å²) in [5, 5.41) is 12.2. The standard InChI is InChI=1S/C15H23N3O3/c1-21-14-8-11(16)5-6-13(14)17-15(20)9-18-7-3-2-4-12(18)10-19/h5-6,8,12,19H,2-4,7,9-10,16H2,1H3,(H,17,20). The topological polar surface area (TPSA) is 87.8 Å². The summed E-state index contributed by atoms with van der Waals surface area (Å²) >= 11 is 0. The molecule has 2 rings (SSSR count). The average molecular weight is 293 g/mol. The number of likely N-dealkylation sites (tertiary alicyclic amines) is 1. The molecule has 1 aromatic carbocycles. The van der Waals surface area contributed by atoms with E-state index < -0.39 is 0 Å². The Morgan fingerprint density at radius 2 is 2.33 bits per heavy atom. The van der Waals surface area contributed by atoms with Gasteiger partial charge in [0.1, 0.15) is 5.75 Å². The molecule has 1 unspecified atom stereocenters. The van der Waals surface area contributed by atoms with E-state index in [0.29, 0.717) is 17.1 Å². The normalized spacial score (nSPS) is 19.2. The minimum atomic E-state index is -0.113. The first-order chi connectivity index (χ1) is 10.1. The van der Waals surface area contributed by atoms with E-state index in [9.17, 15) is 9.90 Å². The lowest BCUT2D eigenvalue weighted by atomic mass is 10.0. The number of ether oxygens (including phenoxy) is 1. The number of anilines is 2. The third-order valence-corrected chi connectivity index (χ3v) is 3.81. The Morgan fingerprint density at radius 3 is 3.05 bits per heavy atom. The minimum absolute atomic E-state index is 0.0813. The number of aliphatic hydroxyl groups excluding tert-OH is 1. The molecule has 0 aliphatic carbocycles. The fourth-order valence-corrected chi connectivity index (χ4v) is 2.66. The predicted octanol–water partition coefficient (Wildman–Crippen LogP) is 1.06. The molecule has 0 bridgehead atoms. The number of nitrogens with one attached hydrogen (secondary N) is 1. The van der Waals surface area contributed by atoms with E-state index in [1.807, 2.05) is 4.90 Å². The number of aliphatic hydroxyl groups is 1. The first-order valence-electron chi connectivity index (χ1n) is 7.22. The summed E-state index contributed by atoms with van der Waals surface area (Å²) in [6.45, 7) is 1.22. The number of carbonyl (C=O) groups is 1.